The van der Waals surface area contributed by atoms with Crippen LogP contribution in [0.5, 0.6) is 0 Å². The van der Waals surface area contributed by atoms with Gasteiger partial charge in [-0.3, -0.25) is 19.2 Å². The highest BCUT2D eigenvalue weighted by Crippen LogP contribution is 2.71. The molecule has 4 rings (SSSR count). The van der Waals surface area contributed by atoms with Crippen LogP contribution in [0.2, 0.25) is 0 Å². The highest BCUT2D eigenvalue weighted by molar-refractivity contribution is 5.94. The van der Waals surface area contributed by atoms with Crippen LogP contribution in [0.4, 0.5) is 8.78 Å². The fourth-order valence-electron chi connectivity index (χ4n) is 9.18. The second-order valence-corrected chi connectivity index (χ2v) is 14.3. The summed E-state index contributed by atoms with van der Waals surface area (Å²) in [5.41, 5.74) is -8.04. The Morgan fingerprint density at radius 2 is 1.68 bits per heavy atom. The molecule has 0 heterocycles. The summed E-state index contributed by atoms with van der Waals surface area (Å²) >= 11 is 0. The summed E-state index contributed by atoms with van der Waals surface area (Å²) in [7, 11) is 0. The van der Waals surface area contributed by atoms with Crippen LogP contribution in [-0.4, -0.2) is 87.2 Å². The number of aliphatic hydroxyl groups excluding tert-OH is 1. The number of hydrogen-bond donors (Lipinski definition) is 1. The molecule has 3 unspecified atom stereocenters. The molecule has 53 heavy (non-hydrogen) atoms. The lowest BCUT2D eigenvalue weighted by molar-refractivity contribution is -0.790. The first-order valence-corrected chi connectivity index (χ1v) is 17.0. The van der Waals surface area contributed by atoms with Gasteiger partial charge < -0.3 is 29.1 Å². The zero-order valence-electron chi connectivity index (χ0n) is 29.2. The molecule has 0 aromatic rings. The van der Waals surface area contributed by atoms with Crippen molar-refractivity contribution >= 4 is 23.5 Å². The number of ether oxygens (including phenoxy) is 2. The molecule has 2 saturated carbocycles. The summed E-state index contributed by atoms with van der Waals surface area (Å²) in [6.07, 6.45) is -3.68. The summed E-state index contributed by atoms with van der Waals surface area (Å²) in [6, 6.07) is 0. The third-order valence-corrected chi connectivity index (χ3v) is 11.5. The molecule has 1 N–H and O–H groups in total. The van der Waals surface area contributed by atoms with Gasteiger partial charge in [0.2, 0.25) is 5.78 Å². The third kappa shape index (κ3) is 7.65. The van der Waals surface area contributed by atoms with Gasteiger partial charge in [0.15, 0.2) is 23.7 Å². The Morgan fingerprint density at radius 3 is 2.32 bits per heavy atom. The van der Waals surface area contributed by atoms with Gasteiger partial charge in [0.1, 0.15) is 18.5 Å². The topological polar surface area (TPSA) is 264 Å². The number of ketones is 2. The smallest absolute Gasteiger partial charge is 0.306 e. The second-order valence-electron chi connectivity index (χ2n) is 14.3. The van der Waals surface area contributed by atoms with E-state index in [1.807, 2.05) is 0 Å². The van der Waals surface area contributed by atoms with Gasteiger partial charge in [-0.1, -0.05) is 19.9 Å². The van der Waals surface area contributed by atoms with E-state index in [-0.39, 0.29) is 37.7 Å². The Kier molecular flexibility index (Phi) is 12.1. The highest BCUT2D eigenvalue weighted by Gasteiger charge is 2.77. The first-order chi connectivity index (χ1) is 24.7. The van der Waals surface area contributed by atoms with Crippen molar-refractivity contribution in [1.29, 1.82) is 0 Å². The van der Waals surface area contributed by atoms with Crippen LogP contribution >= 0.6 is 0 Å². The SMILES string of the molecule is C[C@@H]1CC2C3CC(F)=C4CC(=O)C=C[C@]4(C)[C@@]3(F)[C@@H](O)C[C@]2(C)[C@@]1(OC(=O)CCCO[N+](=O)[O-])C(=O)COC(=O)CCCC(CO[N+](=O)[O-])O[N+](=O)[O-]. The summed E-state index contributed by atoms with van der Waals surface area (Å²) in [6.45, 7) is 2.21. The highest BCUT2D eigenvalue weighted by atomic mass is 19.1. The Balaban J connectivity index is 1.60. The number of carbonyl (C=O) groups excluding carboxylic acids is 4. The van der Waals surface area contributed by atoms with E-state index < -0.39 is 142 Å². The molecule has 0 amide bonds. The lowest BCUT2D eigenvalue weighted by atomic mass is 9.45. The Bertz CT molecular complexity index is 1590. The number of halogens is 2. The summed E-state index contributed by atoms with van der Waals surface area (Å²) < 4.78 is 44.8. The van der Waals surface area contributed by atoms with Crippen LogP contribution in [-0.2, 0) is 43.2 Å². The van der Waals surface area contributed by atoms with Crippen LogP contribution in [0.15, 0.2) is 23.6 Å². The first kappa shape index (κ1) is 40.9. The standard InChI is InChI=1S/C32H41F2N3O16/c1-18-12-21-22-14-24(33)23-13-19(38)9-10-29(23,2)31(22,34)25(39)15-30(21,3)32(18,52-28(42)8-5-11-50-35(43)44)26(40)17-49-27(41)7-4-6-20(53-37(47)48)16-51-36(45)46/h9-10,18,20-22,25,39H,4-8,11-17H2,1-3H3/t18-,20?,21?,22?,25+,29+,30+,31+,32+/m1/s1. The Labute approximate surface area is 300 Å². The third-order valence-electron chi connectivity index (χ3n) is 11.5. The molecule has 0 saturated heterocycles. The molecule has 9 atom stereocenters. The molecule has 0 aliphatic heterocycles. The number of fused-ring (bicyclic) bond motifs is 5. The molecule has 4 aliphatic rings. The number of esters is 2. The van der Waals surface area contributed by atoms with E-state index in [4.69, 9.17) is 9.47 Å². The van der Waals surface area contributed by atoms with Gasteiger partial charge in [0, 0.05) is 48.3 Å². The number of hydrogen-bond acceptors (Lipinski definition) is 16. The number of nitrogens with zero attached hydrogens (tertiary/aromatic N) is 3. The minimum atomic E-state index is -2.50. The molecule has 0 aromatic heterocycles. The quantitative estimate of drug-likeness (QED) is 0.0909. The predicted molar refractivity (Wildman–Crippen MR) is 169 cm³/mol. The van der Waals surface area contributed by atoms with Crippen molar-refractivity contribution in [2.45, 2.75) is 102 Å². The van der Waals surface area contributed by atoms with Crippen molar-refractivity contribution in [1.82, 2.24) is 0 Å². The molecule has 2 fully saturated rings. The van der Waals surface area contributed by atoms with Crippen LogP contribution in [0, 0.1) is 58.9 Å². The van der Waals surface area contributed by atoms with Crippen molar-refractivity contribution in [2.24, 2.45) is 28.6 Å². The molecular formula is C32H41F2N3O16. The van der Waals surface area contributed by atoms with E-state index >= 15 is 8.78 Å². The molecule has 19 nitrogen and oxygen atoms in total. The lowest BCUT2D eigenvalue weighted by Gasteiger charge is -2.62. The van der Waals surface area contributed by atoms with E-state index in [0.29, 0.717) is 0 Å². The molecule has 0 radical (unpaired) electrons. The molecule has 0 spiro atoms. The Morgan fingerprint density at radius 1 is 1.02 bits per heavy atom. The van der Waals surface area contributed by atoms with Gasteiger partial charge in [-0.25, -0.2) is 8.78 Å². The molecule has 0 bridgehead atoms. The molecule has 4 aliphatic carbocycles. The minimum Gasteiger partial charge on any atom is -0.457 e. The monoisotopic (exact) mass is 761 g/mol. The van der Waals surface area contributed by atoms with Crippen LogP contribution in [0.25, 0.3) is 0 Å². The average molecular weight is 762 g/mol. The van der Waals surface area contributed by atoms with E-state index in [1.54, 1.807) is 6.92 Å². The zero-order chi connectivity index (χ0) is 39.5. The van der Waals surface area contributed by atoms with Crippen LogP contribution < -0.4 is 0 Å². The van der Waals surface area contributed by atoms with E-state index in [1.165, 1.54) is 19.9 Å². The van der Waals surface area contributed by atoms with Gasteiger partial charge in [-0.2, -0.15) is 0 Å². The fourth-order valence-corrected chi connectivity index (χ4v) is 9.18. The number of Topliss-reactive ketones (excluding diaryl/α,β-unsaturated/α-hetero) is 1. The number of rotatable bonds is 18. The summed E-state index contributed by atoms with van der Waals surface area (Å²) in [5, 5.41) is 40.1. The first-order valence-electron chi connectivity index (χ1n) is 17.0. The second kappa shape index (κ2) is 15.7. The summed E-state index contributed by atoms with van der Waals surface area (Å²) in [5.74, 6) is -7.13. The predicted octanol–water partition coefficient (Wildman–Crippen LogP) is 3.24. The number of carbonyl (C=O) groups is 4. The molecule has 0 aromatic carbocycles. The van der Waals surface area contributed by atoms with Gasteiger partial charge in [-0.15, -0.1) is 30.3 Å². The van der Waals surface area contributed by atoms with Crippen molar-refractivity contribution in [2.75, 3.05) is 19.8 Å². The normalized spacial score (nSPS) is 33.4. The maximum Gasteiger partial charge on any atom is 0.306 e. The lowest BCUT2D eigenvalue weighted by Crippen LogP contribution is -2.70. The fraction of sp³-hybridized carbons (Fsp3) is 0.750. The van der Waals surface area contributed by atoms with E-state index in [2.05, 4.69) is 14.5 Å². The van der Waals surface area contributed by atoms with Crippen molar-refractivity contribution < 1.29 is 72.3 Å². The number of allylic oxidation sites excluding steroid dienone is 4. The number of aliphatic hydroxyl groups is 1. The molecular weight excluding hydrogens is 720 g/mol. The number of alkyl halides is 1. The Hall–Kier alpha value is -4.82. The molecule has 294 valence electrons. The zero-order valence-corrected chi connectivity index (χ0v) is 29.2. The minimum absolute atomic E-state index is 0.00233. The van der Waals surface area contributed by atoms with Gasteiger partial charge in [0.05, 0.1) is 12.7 Å². The van der Waals surface area contributed by atoms with Gasteiger partial charge in [0.25, 0.3) is 15.3 Å². The van der Waals surface area contributed by atoms with Crippen molar-refractivity contribution in [3.63, 3.8) is 0 Å². The van der Waals surface area contributed by atoms with Crippen molar-refractivity contribution in [3.05, 3.63) is 53.9 Å². The van der Waals surface area contributed by atoms with E-state index in [0.717, 1.165) is 6.08 Å². The van der Waals surface area contributed by atoms with E-state index in [9.17, 15) is 54.6 Å². The maximum atomic E-state index is 17.7. The summed E-state index contributed by atoms with van der Waals surface area (Å²) in [4.78, 5) is 97.0. The van der Waals surface area contributed by atoms with Crippen molar-refractivity contribution in [3.8, 4) is 0 Å². The molecule has 21 heteroatoms. The maximum absolute atomic E-state index is 17.7. The van der Waals surface area contributed by atoms with Gasteiger partial charge in [-0.05, 0) is 56.6 Å². The van der Waals surface area contributed by atoms with Gasteiger partial charge >= 0.3 is 11.9 Å². The largest absolute Gasteiger partial charge is 0.457 e. The average Bonchev–Trinajstić information content (AvgIpc) is 3.28. The van der Waals surface area contributed by atoms with Crippen LogP contribution in [0.3, 0.4) is 0 Å². The van der Waals surface area contributed by atoms with Crippen LogP contribution in [0.1, 0.15) is 78.6 Å².